The normalized spacial score (nSPS) is 12.3. The second-order valence-corrected chi connectivity index (χ2v) is 7.71. The van der Waals surface area contributed by atoms with Crippen LogP contribution in [0, 0.1) is 0 Å². The average Bonchev–Trinajstić information content (AvgIpc) is 2.81. The minimum atomic E-state index is -0.475. The minimum Gasteiger partial charge on any atom is -0.398 e. The van der Waals surface area contributed by atoms with Gasteiger partial charge in [0.25, 0.3) is 0 Å². The molecule has 3 aromatic rings. The zero-order chi connectivity index (χ0) is 22.2. The van der Waals surface area contributed by atoms with Crippen LogP contribution in [-0.4, -0.2) is 24.0 Å². The number of hydrogen-bond acceptors (Lipinski definition) is 4. The third-order valence-electron chi connectivity index (χ3n) is 5.75. The lowest BCUT2D eigenvalue weighted by Crippen LogP contribution is -2.21. The summed E-state index contributed by atoms with van der Waals surface area (Å²) in [6, 6.07) is 17.9. The number of rotatable bonds is 5. The number of fused-ring (bicyclic) bond motifs is 1. The zero-order valence-corrected chi connectivity index (χ0v) is 18.5. The average molecular weight is 417 g/mol. The Morgan fingerprint density at radius 2 is 1.61 bits per heavy atom. The Hall–Kier alpha value is -3.34. The predicted molar refractivity (Wildman–Crippen MR) is 129 cm³/mol. The van der Waals surface area contributed by atoms with E-state index in [4.69, 9.17) is 11.5 Å². The first-order chi connectivity index (χ1) is 15.0. The highest BCUT2D eigenvalue weighted by atomic mass is 16.1. The summed E-state index contributed by atoms with van der Waals surface area (Å²) < 4.78 is 0. The number of pyridine rings is 1. The number of carbonyl (C=O) groups excluding carboxylic acids is 1. The monoisotopic (exact) mass is 416 g/mol. The summed E-state index contributed by atoms with van der Waals surface area (Å²) in [4.78, 5) is 17.8. The topological polar surface area (TPSA) is 85.2 Å². The number of amides is 1. The molecular formula is C26H32N4O. The van der Waals surface area contributed by atoms with E-state index in [2.05, 4.69) is 48.0 Å². The van der Waals surface area contributed by atoms with E-state index >= 15 is 0 Å². The second-order valence-electron chi connectivity index (χ2n) is 7.71. The molecule has 0 saturated heterocycles. The lowest BCUT2D eigenvalue weighted by atomic mass is 9.92. The summed E-state index contributed by atoms with van der Waals surface area (Å²) in [5, 5.41) is 0. The quantitative estimate of drug-likeness (QED) is 0.583. The van der Waals surface area contributed by atoms with Crippen molar-refractivity contribution in [1.29, 1.82) is 0 Å². The molecule has 4 rings (SSSR count). The molecule has 1 aliphatic rings. The van der Waals surface area contributed by atoms with Crippen LogP contribution in [0.25, 0.3) is 11.3 Å². The summed E-state index contributed by atoms with van der Waals surface area (Å²) in [5.74, 6) is -0.475. The maximum atomic E-state index is 11.3. The molecule has 0 radical (unpaired) electrons. The number of aryl methyl sites for hydroxylation is 2. The molecule has 162 valence electrons. The molecule has 2 aromatic carbocycles. The van der Waals surface area contributed by atoms with Crippen molar-refractivity contribution in [3.05, 3.63) is 77.5 Å². The van der Waals surface area contributed by atoms with Crippen LogP contribution in [0.3, 0.4) is 0 Å². The first-order valence-electron chi connectivity index (χ1n) is 11.0. The summed E-state index contributed by atoms with van der Waals surface area (Å²) in [7, 11) is 0. The number of benzene rings is 2. The Labute approximate surface area is 185 Å². The SMILES string of the molecule is CCN(CC)c1ccc(N)c(-c2cc(C(N)=O)ccn2)c1.c1ccc2c(c1)CCCC2. The van der Waals surface area contributed by atoms with Gasteiger partial charge in [-0.2, -0.15) is 0 Å². The van der Waals surface area contributed by atoms with E-state index in [1.807, 2.05) is 18.2 Å². The molecule has 1 aliphatic carbocycles. The highest BCUT2D eigenvalue weighted by Gasteiger charge is 2.11. The van der Waals surface area contributed by atoms with Crippen molar-refractivity contribution in [3.63, 3.8) is 0 Å². The largest absolute Gasteiger partial charge is 0.398 e. The Balaban J connectivity index is 0.000000225. The molecule has 0 bridgehead atoms. The summed E-state index contributed by atoms with van der Waals surface area (Å²) in [6.07, 6.45) is 6.94. The molecule has 5 heteroatoms. The number of hydrogen-bond donors (Lipinski definition) is 2. The summed E-state index contributed by atoms with van der Waals surface area (Å²) in [5.41, 5.74) is 18.1. The first kappa shape index (κ1) is 22.3. The van der Waals surface area contributed by atoms with Gasteiger partial charge in [0.2, 0.25) is 5.91 Å². The van der Waals surface area contributed by atoms with Gasteiger partial charge in [-0.15, -0.1) is 0 Å². The standard InChI is InChI=1S/C16H20N4O.C10H12/c1-3-20(4-2)12-5-6-14(17)13(10-12)15-9-11(16(18)21)7-8-19-15;1-2-6-10-8-4-3-7-9(10)5-1/h5-10H,3-4,17H2,1-2H3,(H2,18,21);1-2,5-6H,3-4,7-8H2. The van der Waals surface area contributed by atoms with Crippen LogP contribution >= 0.6 is 0 Å². The zero-order valence-electron chi connectivity index (χ0n) is 18.5. The van der Waals surface area contributed by atoms with Crippen molar-refractivity contribution in [2.45, 2.75) is 39.5 Å². The minimum absolute atomic E-state index is 0.424. The van der Waals surface area contributed by atoms with Gasteiger partial charge in [-0.3, -0.25) is 9.78 Å². The van der Waals surface area contributed by atoms with Gasteiger partial charge in [0.05, 0.1) is 5.69 Å². The fourth-order valence-corrected chi connectivity index (χ4v) is 3.96. The number of nitrogens with two attached hydrogens (primary N) is 2. The van der Waals surface area contributed by atoms with Crippen molar-refractivity contribution in [2.75, 3.05) is 23.7 Å². The molecule has 1 amide bonds. The van der Waals surface area contributed by atoms with E-state index in [1.165, 1.54) is 25.7 Å². The third-order valence-corrected chi connectivity index (χ3v) is 5.75. The number of nitrogens with zero attached hydrogens (tertiary/aromatic N) is 2. The van der Waals surface area contributed by atoms with Crippen molar-refractivity contribution in [1.82, 2.24) is 4.98 Å². The Morgan fingerprint density at radius 3 is 2.19 bits per heavy atom. The molecule has 0 fully saturated rings. The highest BCUT2D eigenvalue weighted by molar-refractivity contribution is 5.94. The van der Waals surface area contributed by atoms with Crippen LogP contribution in [-0.2, 0) is 12.8 Å². The van der Waals surface area contributed by atoms with Crippen LogP contribution in [0.2, 0.25) is 0 Å². The van der Waals surface area contributed by atoms with Gasteiger partial charge < -0.3 is 16.4 Å². The molecule has 5 nitrogen and oxygen atoms in total. The van der Waals surface area contributed by atoms with Crippen molar-refractivity contribution < 1.29 is 4.79 Å². The van der Waals surface area contributed by atoms with Crippen LogP contribution in [0.4, 0.5) is 11.4 Å². The van der Waals surface area contributed by atoms with Gasteiger partial charge in [0, 0.05) is 41.8 Å². The van der Waals surface area contributed by atoms with Crippen molar-refractivity contribution in [2.24, 2.45) is 5.73 Å². The van der Waals surface area contributed by atoms with E-state index in [0.29, 0.717) is 16.9 Å². The van der Waals surface area contributed by atoms with Crippen LogP contribution in [0.5, 0.6) is 0 Å². The molecule has 31 heavy (non-hydrogen) atoms. The Kier molecular flexibility index (Phi) is 7.65. The van der Waals surface area contributed by atoms with Gasteiger partial charge >= 0.3 is 0 Å². The Bertz CT molecular complexity index is 1000. The number of primary amides is 1. The molecule has 0 spiro atoms. The summed E-state index contributed by atoms with van der Waals surface area (Å²) in [6.45, 7) is 6.03. The first-order valence-corrected chi connectivity index (χ1v) is 11.0. The van der Waals surface area contributed by atoms with E-state index in [9.17, 15) is 4.79 Å². The van der Waals surface area contributed by atoms with E-state index in [0.717, 1.165) is 24.3 Å². The highest BCUT2D eigenvalue weighted by Crippen LogP contribution is 2.29. The maximum absolute atomic E-state index is 11.3. The van der Waals surface area contributed by atoms with Gasteiger partial charge in [0.15, 0.2) is 0 Å². The van der Waals surface area contributed by atoms with Crippen LogP contribution < -0.4 is 16.4 Å². The lowest BCUT2D eigenvalue weighted by Gasteiger charge is -2.22. The number of aromatic nitrogens is 1. The second kappa shape index (κ2) is 10.6. The lowest BCUT2D eigenvalue weighted by molar-refractivity contribution is 0.1000. The number of anilines is 2. The van der Waals surface area contributed by atoms with Gasteiger partial charge in [-0.05, 0) is 81.0 Å². The summed E-state index contributed by atoms with van der Waals surface area (Å²) >= 11 is 0. The van der Waals surface area contributed by atoms with Crippen LogP contribution in [0.15, 0.2) is 60.8 Å². The molecule has 1 heterocycles. The smallest absolute Gasteiger partial charge is 0.248 e. The van der Waals surface area contributed by atoms with Gasteiger partial charge in [0.1, 0.15) is 0 Å². The fraction of sp³-hybridized carbons (Fsp3) is 0.308. The fourth-order valence-electron chi connectivity index (χ4n) is 3.96. The van der Waals surface area contributed by atoms with E-state index in [1.54, 1.807) is 29.5 Å². The molecular weight excluding hydrogens is 384 g/mol. The number of carbonyl (C=O) groups is 1. The van der Waals surface area contributed by atoms with Crippen LogP contribution in [0.1, 0.15) is 48.2 Å². The molecule has 1 aromatic heterocycles. The molecule has 0 unspecified atom stereocenters. The Morgan fingerprint density at radius 1 is 0.968 bits per heavy atom. The van der Waals surface area contributed by atoms with Crippen molar-refractivity contribution in [3.8, 4) is 11.3 Å². The molecule has 4 N–H and O–H groups in total. The molecule has 0 aliphatic heterocycles. The predicted octanol–water partition coefficient (Wildman–Crippen LogP) is 4.84. The number of nitrogen functional groups attached to an aromatic ring is 1. The van der Waals surface area contributed by atoms with Gasteiger partial charge in [-0.25, -0.2) is 0 Å². The molecule has 0 saturated carbocycles. The third kappa shape index (κ3) is 5.63. The maximum Gasteiger partial charge on any atom is 0.248 e. The van der Waals surface area contributed by atoms with Gasteiger partial charge in [-0.1, -0.05) is 24.3 Å². The molecule has 0 atom stereocenters. The van der Waals surface area contributed by atoms with E-state index < -0.39 is 5.91 Å². The van der Waals surface area contributed by atoms with Crippen molar-refractivity contribution >= 4 is 17.3 Å². The van der Waals surface area contributed by atoms with E-state index in [-0.39, 0.29) is 0 Å².